The third-order valence-corrected chi connectivity index (χ3v) is 2.11. The normalized spacial score (nSPS) is 11.0. The highest BCUT2D eigenvalue weighted by atomic mass is 16.2. The third-order valence-electron chi connectivity index (χ3n) is 2.11. The van der Waals surface area contributed by atoms with Gasteiger partial charge in [-0.15, -0.1) is 0 Å². The standard InChI is InChI=1S/C12H12N2O/c15-9-1-2-11-3-5-12(6-4-11)14-8-7-13-10-14/h1-8,10,15H,9H2. The van der Waals surface area contributed by atoms with E-state index in [1.54, 1.807) is 18.6 Å². The van der Waals surface area contributed by atoms with Gasteiger partial charge in [0.1, 0.15) is 0 Å². The summed E-state index contributed by atoms with van der Waals surface area (Å²) in [5, 5.41) is 8.63. The van der Waals surface area contributed by atoms with Crippen molar-refractivity contribution in [2.75, 3.05) is 6.61 Å². The van der Waals surface area contributed by atoms with Gasteiger partial charge in [-0.05, 0) is 17.7 Å². The maximum Gasteiger partial charge on any atom is 0.0991 e. The molecule has 3 heteroatoms. The second-order valence-electron chi connectivity index (χ2n) is 3.15. The summed E-state index contributed by atoms with van der Waals surface area (Å²) in [6.07, 6.45) is 9.01. The molecule has 0 amide bonds. The van der Waals surface area contributed by atoms with Crippen LogP contribution in [0.4, 0.5) is 0 Å². The van der Waals surface area contributed by atoms with Crippen molar-refractivity contribution in [2.24, 2.45) is 0 Å². The zero-order valence-electron chi connectivity index (χ0n) is 8.24. The fourth-order valence-corrected chi connectivity index (χ4v) is 1.36. The van der Waals surface area contributed by atoms with Crippen molar-refractivity contribution >= 4 is 6.08 Å². The van der Waals surface area contributed by atoms with Crippen LogP contribution < -0.4 is 0 Å². The highest BCUT2D eigenvalue weighted by molar-refractivity contribution is 5.51. The number of benzene rings is 1. The first-order valence-corrected chi connectivity index (χ1v) is 4.76. The molecule has 0 saturated heterocycles. The second-order valence-corrected chi connectivity index (χ2v) is 3.15. The molecule has 0 aliphatic rings. The summed E-state index contributed by atoms with van der Waals surface area (Å²) in [6, 6.07) is 8.03. The summed E-state index contributed by atoms with van der Waals surface area (Å²) < 4.78 is 1.94. The van der Waals surface area contributed by atoms with E-state index in [0.29, 0.717) is 0 Å². The minimum absolute atomic E-state index is 0.0727. The fraction of sp³-hybridized carbons (Fsp3) is 0.0833. The van der Waals surface area contributed by atoms with Crippen molar-refractivity contribution in [1.82, 2.24) is 9.55 Å². The molecule has 0 unspecified atom stereocenters. The molecule has 76 valence electrons. The average molecular weight is 200 g/mol. The molecule has 2 rings (SSSR count). The van der Waals surface area contributed by atoms with Gasteiger partial charge in [0.15, 0.2) is 0 Å². The second kappa shape index (κ2) is 4.57. The lowest BCUT2D eigenvalue weighted by Gasteiger charge is -2.01. The molecule has 2 aromatic rings. The van der Waals surface area contributed by atoms with E-state index >= 15 is 0 Å². The lowest BCUT2D eigenvalue weighted by molar-refractivity contribution is 0.343. The molecule has 3 nitrogen and oxygen atoms in total. The van der Waals surface area contributed by atoms with Gasteiger partial charge in [0.2, 0.25) is 0 Å². The van der Waals surface area contributed by atoms with Gasteiger partial charge in [-0.25, -0.2) is 4.98 Å². The zero-order valence-corrected chi connectivity index (χ0v) is 8.24. The van der Waals surface area contributed by atoms with Crippen LogP contribution in [0.25, 0.3) is 11.8 Å². The topological polar surface area (TPSA) is 38.0 Å². The third kappa shape index (κ3) is 2.33. The molecule has 0 aliphatic heterocycles. The summed E-state index contributed by atoms with van der Waals surface area (Å²) in [5.41, 5.74) is 2.15. The van der Waals surface area contributed by atoms with Crippen molar-refractivity contribution in [1.29, 1.82) is 0 Å². The van der Waals surface area contributed by atoms with Crippen LogP contribution in [0.2, 0.25) is 0 Å². The first kappa shape index (κ1) is 9.68. The Labute approximate surface area is 88.3 Å². The Bertz CT molecular complexity index is 429. The van der Waals surface area contributed by atoms with Crippen molar-refractivity contribution in [3.8, 4) is 5.69 Å². The van der Waals surface area contributed by atoms with E-state index in [4.69, 9.17) is 5.11 Å². The minimum atomic E-state index is 0.0727. The van der Waals surface area contributed by atoms with Gasteiger partial charge in [-0.2, -0.15) is 0 Å². The minimum Gasteiger partial charge on any atom is -0.392 e. The number of aromatic nitrogens is 2. The molecule has 0 fully saturated rings. The molecule has 1 aromatic carbocycles. The summed E-state index contributed by atoms with van der Waals surface area (Å²) in [5.74, 6) is 0. The van der Waals surface area contributed by atoms with E-state index in [1.165, 1.54) is 0 Å². The average Bonchev–Trinajstić information content (AvgIpc) is 2.80. The summed E-state index contributed by atoms with van der Waals surface area (Å²) >= 11 is 0. The summed E-state index contributed by atoms with van der Waals surface area (Å²) in [7, 11) is 0. The smallest absolute Gasteiger partial charge is 0.0991 e. The molecule has 0 bridgehead atoms. The van der Waals surface area contributed by atoms with E-state index in [2.05, 4.69) is 4.98 Å². The number of aliphatic hydroxyl groups is 1. The fourth-order valence-electron chi connectivity index (χ4n) is 1.36. The molecule has 0 aliphatic carbocycles. The molecule has 1 aromatic heterocycles. The highest BCUT2D eigenvalue weighted by Crippen LogP contribution is 2.10. The van der Waals surface area contributed by atoms with Gasteiger partial charge in [0.05, 0.1) is 12.9 Å². The summed E-state index contributed by atoms with van der Waals surface area (Å²) in [4.78, 5) is 3.99. The Balaban J connectivity index is 2.21. The van der Waals surface area contributed by atoms with E-state index < -0.39 is 0 Å². The zero-order chi connectivity index (χ0) is 10.5. The molecule has 0 spiro atoms. The van der Waals surface area contributed by atoms with E-state index in [9.17, 15) is 0 Å². The maximum atomic E-state index is 8.63. The molecule has 0 saturated carbocycles. The lowest BCUT2D eigenvalue weighted by Crippen LogP contribution is -1.88. The first-order valence-electron chi connectivity index (χ1n) is 4.76. The number of aliphatic hydroxyl groups excluding tert-OH is 1. The quantitative estimate of drug-likeness (QED) is 0.821. The van der Waals surface area contributed by atoms with Gasteiger partial charge >= 0.3 is 0 Å². The maximum absolute atomic E-state index is 8.63. The van der Waals surface area contributed by atoms with Gasteiger partial charge in [-0.3, -0.25) is 0 Å². The number of rotatable bonds is 3. The first-order chi connectivity index (χ1) is 7.40. The summed E-state index contributed by atoms with van der Waals surface area (Å²) in [6.45, 7) is 0.0727. The van der Waals surface area contributed by atoms with Gasteiger partial charge < -0.3 is 9.67 Å². The molecule has 1 N–H and O–H groups in total. The molecule has 0 radical (unpaired) electrons. The van der Waals surface area contributed by atoms with Crippen LogP contribution >= 0.6 is 0 Å². The van der Waals surface area contributed by atoms with Crippen LogP contribution in [-0.4, -0.2) is 21.3 Å². The van der Waals surface area contributed by atoms with Crippen molar-refractivity contribution in [3.05, 3.63) is 54.6 Å². The van der Waals surface area contributed by atoms with Crippen molar-refractivity contribution in [2.45, 2.75) is 0 Å². The van der Waals surface area contributed by atoms with E-state index in [0.717, 1.165) is 11.3 Å². The van der Waals surface area contributed by atoms with Gasteiger partial charge in [-0.1, -0.05) is 24.3 Å². The van der Waals surface area contributed by atoms with Crippen molar-refractivity contribution < 1.29 is 5.11 Å². The number of imidazole rings is 1. The molecule has 0 atom stereocenters. The Hall–Kier alpha value is -1.87. The van der Waals surface area contributed by atoms with Crippen LogP contribution in [0.3, 0.4) is 0 Å². The Morgan fingerprint density at radius 1 is 1.27 bits per heavy atom. The van der Waals surface area contributed by atoms with Crippen LogP contribution in [0.5, 0.6) is 0 Å². The SMILES string of the molecule is OCC=Cc1ccc(-n2ccnc2)cc1. The Morgan fingerprint density at radius 3 is 2.67 bits per heavy atom. The monoisotopic (exact) mass is 200 g/mol. The lowest BCUT2D eigenvalue weighted by atomic mass is 10.2. The largest absolute Gasteiger partial charge is 0.392 e. The predicted molar refractivity (Wildman–Crippen MR) is 59.7 cm³/mol. The van der Waals surface area contributed by atoms with Crippen LogP contribution in [0.15, 0.2) is 49.1 Å². The van der Waals surface area contributed by atoms with Gasteiger partial charge in [0, 0.05) is 18.1 Å². The molecule has 15 heavy (non-hydrogen) atoms. The predicted octanol–water partition coefficient (Wildman–Crippen LogP) is 1.88. The molecule has 1 heterocycles. The van der Waals surface area contributed by atoms with Crippen LogP contribution in [-0.2, 0) is 0 Å². The van der Waals surface area contributed by atoms with E-state index in [-0.39, 0.29) is 6.61 Å². The van der Waals surface area contributed by atoms with Crippen LogP contribution in [0, 0.1) is 0 Å². The molecular formula is C12H12N2O. The number of hydrogen-bond donors (Lipinski definition) is 1. The number of nitrogens with zero attached hydrogens (tertiary/aromatic N) is 2. The Morgan fingerprint density at radius 2 is 2.07 bits per heavy atom. The number of hydrogen-bond acceptors (Lipinski definition) is 2. The molecular weight excluding hydrogens is 188 g/mol. The van der Waals surface area contributed by atoms with E-state index in [1.807, 2.05) is 41.1 Å². The Kier molecular flexibility index (Phi) is 2.95. The van der Waals surface area contributed by atoms with Gasteiger partial charge in [0.25, 0.3) is 0 Å². The van der Waals surface area contributed by atoms with Crippen molar-refractivity contribution in [3.63, 3.8) is 0 Å². The van der Waals surface area contributed by atoms with Crippen LogP contribution in [0.1, 0.15) is 5.56 Å². The highest BCUT2D eigenvalue weighted by Gasteiger charge is 1.93.